The first-order valence-electron chi connectivity index (χ1n) is 7.99. The second-order valence-electron chi connectivity index (χ2n) is 5.92. The van der Waals surface area contributed by atoms with Crippen molar-refractivity contribution in [1.82, 2.24) is 0 Å². The molecule has 0 bridgehead atoms. The molecule has 5 heteroatoms. The summed E-state index contributed by atoms with van der Waals surface area (Å²) in [6, 6.07) is 0. The van der Waals surface area contributed by atoms with E-state index in [4.69, 9.17) is 4.74 Å². The van der Waals surface area contributed by atoms with Gasteiger partial charge in [-0.3, -0.25) is 14.4 Å². The van der Waals surface area contributed by atoms with Gasteiger partial charge in [-0.2, -0.15) is 0 Å². The van der Waals surface area contributed by atoms with Gasteiger partial charge in [0, 0.05) is 31.6 Å². The lowest BCUT2D eigenvalue weighted by Gasteiger charge is -2.15. The second-order valence-corrected chi connectivity index (χ2v) is 5.92. The molecule has 0 heterocycles. The normalized spacial score (nSPS) is 12.0. The van der Waals surface area contributed by atoms with E-state index in [0.29, 0.717) is 19.3 Å². The molecule has 0 amide bonds. The molecule has 0 saturated carbocycles. The Morgan fingerprint density at radius 3 is 2.05 bits per heavy atom. The van der Waals surface area contributed by atoms with E-state index in [9.17, 15) is 19.2 Å². The number of carbonyl (C=O) groups is 4. The van der Waals surface area contributed by atoms with Crippen LogP contribution in [0.1, 0.15) is 72.6 Å². The van der Waals surface area contributed by atoms with Gasteiger partial charge in [0.25, 0.3) is 0 Å². The standard InChI is InChI=1S/C17H28O5/c1-5-15(22-17(21)11-6-13(4)18)9-7-14(19)8-10-16(20)12(2)3/h12,15H,5-11H2,1-4H3. The predicted octanol–water partition coefficient (Wildman–Crippen LogP) is 3.03. The SMILES string of the molecule is CCC(CCC(=O)CCC(=O)C(C)C)OC(=O)CCC(C)=O. The summed E-state index contributed by atoms with van der Waals surface area (Å²) in [7, 11) is 0. The highest BCUT2D eigenvalue weighted by molar-refractivity contribution is 5.86. The zero-order valence-corrected chi connectivity index (χ0v) is 14.1. The average molecular weight is 312 g/mol. The summed E-state index contributed by atoms with van der Waals surface area (Å²) in [6.07, 6.45) is 1.92. The molecule has 0 aromatic rings. The monoisotopic (exact) mass is 312 g/mol. The molecule has 0 spiro atoms. The van der Waals surface area contributed by atoms with Gasteiger partial charge < -0.3 is 9.53 Å². The Morgan fingerprint density at radius 1 is 0.909 bits per heavy atom. The van der Waals surface area contributed by atoms with E-state index in [-0.39, 0.29) is 55.1 Å². The number of esters is 1. The molecule has 0 aliphatic carbocycles. The van der Waals surface area contributed by atoms with Gasteiger partial charge in [-0.15, -0.1) is 0 Å². The highest BCUT2D eigenvalue weighted by Crippen LogP contribution is 2.12. The van der Waals surface area contributed by atoms with Crippen molar-refractivity contribution in [3.8, 4) is 0 Å². The van der Waals surface area contributed by atoms with Crippen LogP contribution in [-0.4, -0.2) is 29.4 Å². The van der Waals surface area contributed by atoms with Gasteiger partial charge in [0.15, 0.2) is 0 Å². The van der Waals surface area contributed by atoms with Gasteiger partial charge in [-0.1, -0.05) is 20.8 Å². The van der Waals surface area contributed by atoms with Crippen LogP contribution in [0.3, 0.4) is 0 Å². The average Bonchev–Trinajstić information content (AvgIpc) is 2.46. The molecule has 0 rings (SSSR count). The van der Waals surface area contributed by atoms with E-state index in [1.165, 1.54) is 6.92 Å². The maximum Gasteiger partial charge on any atom is 0.306 e. The Kier molecular flexibility index (Phi) is 10.3. The number of hydrogen-bond donors (Lipinski definition) is 0. The van der Waals surface area contributed by atoms with Gasteiger partial charge in [0.1, 0.15) is 23.5 Å². The number of ketones is 3. The third kappa shape index (κ3) is 10.2. The molecule has 0 N–H and O–H groups in total. The van der Waals surface area contributed by atoms with Crippen molar-refractivity contribution in [3.63, 3.8) is 0 Å². The lowest BCUT2D eigenvalue weighted by molar-refractivity contribution is -0.150. The minimum Gasteiger partial charge on any atom is -0.462 e. The maximum absolute atomic E-state index is 11.8. The van der Waals surface area contributed by atoms with Crippen molar-refractivity contribution in [2.75, 3.05) is 0 Å². The predicted molar refractivity (Wildman–Crippen MR) is 83.4 cm³/mol. The van der Waals surface area contributed by atoms with Crippen LogP contribution in [0.25, 0.3) is 0 Å². The molecule has 0 aliphatic rings. The van der Waals surface area contributed by atoms with E-state index in [2.05, 4.69) is 0 Å². The molecule has 126 valence electrons. The second kappa shape index (κ2) is 11.1. The summed E-state index contributed by atoms with van der Waals surface area (Å²) < 4.78 is 5.25. The molecule has 0 radical (unpaired) electrons. The lowest BCUT2D eigenvalue weighted by atomic mass is 10.0. The van der Waals surface area contributed by atoms with Crippen molar-refractivity contribution >= 4 is 23.3 Å². The quantitative estimate of drug-likeness (QED) is 0.518. The lowest BCUT2D eigenvalue weighted by Crippen LogP contribution is -2.19. The highest BCUT2D eigenvalue weighted by Gasteiger charge is 2.16. The van der Waals surface area contributed by atoms with Crippen molar-refractivity contribution in [2.45, 2.75) is 78.7 Å². The first kappa shape index (κ1) is 20.5. The first-order chi connectivity index (χ1) is 10.3. The van der Waals surface area contributed by atoms with Crippen LogP contribution < -0.4 is 0 Å². The van der Waals surface area contributed by atoms with Gasteiger partial charge >= 0.3 is 5.97 Å². The summed E-state index contributed by atoms with van der Waals surface area (Å²) in [4.78, 5) is 45.6. The van der Waals surface area contributed by atoms with Crippen molar-refractivity contribution in [1.29, 1.82) is 0 Å². The number of carbonyl (C=O) groups excluding carboxylic acids is 4. The van der Waals surface area contributed by atoms with Crippen LogP contribution in [0.2, 0.25) is 0 Å². The van der Waals surface area contributed by atoms with E-state index < -0.39 is 5.97 Å². The van der Waals surface area contributed by atoms with E-state index in [0.717, 1.165) is 0 Å². The molecule has 5 nitrogen and oxygen atoms in total. The van der Waals surface area contributed by atoms with Crippen LogP contribution in [0.15, 0.2) is 0 Å². The molecule has 0 aromatic heterocycles. The number of hydrogen-bond acceptors (Lipinski definition) is 5. The molecule has 0 aromatic carbocycles. The molecule has 1 atom stereocenters. The van der Waals surface area contributed by atoms with Crippen LogP contribution in [0.4, 0.5) is 0 Å². The molecule has 1 unspecified atom stereocenters. The van der Waals surface area contributed by atoms with Crippen molar-refractivity contribution in [2.24, 2.45) is 5.92 Å². The number of Topliss-reactive ketones (excluding diaryl/α,β-unsaturated/α-hetero) is 3. The number of rotatable bonds is 12. The summed E-state index contributed by atoms with van der Waals surface area (Å²) in [6.45, 7) is 6.96. The summed E-state index contributed by atoms with van der Waals surface area (Å²) >= 11 is 0. The van der Waals surface area contributed by atoms with Gasteiger partial charge in [0.05, 0.1) is 6.42 Å². The van der Waals surface area contributed by atoms with Gasteiger partial charge in [-0.25, -0.2) is 0 Å². The van der Waals surface area contributed by atoms with Crippen LogP contribution in [-0.2, 0) is 23.9 Å². The zero-order valence-electron chi connectivity index (χ0n) is 14.1. The molecule has 0 fully saturated rings. The topological polar surface area (TPSA) is 77.5 Å². The Labute approximate surface area is 132 Å². The Hall–Kier alpha value is -1.52. The van der Waals surface area contributed by atoms with E-state index in [1.54, 1.807) is 0 Å². The highest BCUT2D eigenvalue weighted by atomic mass is 16.5. The summed E-state index contributed by atoms with van der Waals surface area (Å²) in [5, 5.41) is 0. The van der Waals surface area contributed by atoms with E-state index in [1.807, 2.05) is 20.8 Å². The Balaban J connectivity index is 4.02. The van der Waals surface area contributed by atoms with Crippen LogP contribution in [0, 0.1) is 5.92 Å². The third-order valence-electron chi connectivity index (χ3n) is 3.47. The molecule has 22 heavy (non-hydrogen) atoms. The minimum atomic E-state index is -0.399. The number of ether oxygens (including phenoxy) is 1. The fourth-order valence-corrected chi connectivity index (χ4v) is 1.87. The zero-order chi connectivity index (χ0) is 17.1. The van der Waals surface area contributed by atoms with Crippen LogP contribution in [0.5, 0.6) is 0 Å². The fraction of sp³-hybridized carbons (Fsp3) is 0.765. The smallest absolute Gasteiger partial charge is 0.306 e. The van der Waals surface area contributed by atoms with E-state index >= 15 is 0 Å². The third-order valence-corrected chi connectivity index (χ3v) is 3.47. The van der Waals surface area contributed by atoms with Gasteiger partial charge in [-0.05, 0) is 19.8 Å². The molecular formula is C17H28O5. The first-order valence-corrected chi connectivity index (χ1v) is 7.99. The molecule has 0 aliphatic heterocycles. The maximum atomic E-state index is 11.8. The van der Waals surface area contributed by atoms with Crippen molar-refractivity contribution in [3.05, 3.63) is 0 Å². The summed E-state index contributed by atoms with van der Waals surface area (Å²) in [5.74, 6) is -0.374. The van der Waals surface area contributed by atoms with Gasteiger partial charge in [0.2, 0.25) is 0 Å². The Morgan fingerprint density at radius 2 is 1.55 bits per heavy atom. The molecular weight excluding hydrogens is 284 g/mol. The van der Waals surface area contributed by atoms with Crippen LogP contribution >= 0.6 is 0 Å². The Bertz CT molecular complexity index is 398. The summed E-state index contributed by atoms with van der Waals surface area (Å²) in [5.41, 5.74) is 0. The largest absolute Gasteiger partial charge is 0.462 e. The van der Waals surface area contributed by atoms with Crippen molar-refractivity contribution < 1.29 is 23.9 Å². The molecule has 0 saturated heterocycles. The minimum absolute atomic E-state index is 0.0206. The fourth-order valence-electron chi connectivity index (χ4n) is 1.87.